The van der Waals surface area contributed by atoms with Gasteiger partial charge in [-0.1, -0.05) is 0 Å². The summed E-state index contributed by atoms with van der Waals surface area (Å²) in [5, 5.41) is 2.30. The minimum atomic E-state index is -0.553. The fourth-order valence-corrected chi connectivity index (χ4v) is 0.794. The van der Waals surface area contributed by atoms with Crippen molar-refractivity contribution in [3.63, 3.8) is 0 Å². The molecule has 0 saturated heterocycles. The van der Waals surface area contributed by atoms with E-state index < -0.39 is 12.0 Å². The summed E-state index contributed by atoms with van der Waals surface area (Å²) in [4.78, 5) is 25.5. The number of hydrogen-bond acceptors (Lipinski definition) is 4. The molecule has 0 aromatic rings. The van der Waals surface area contributed by atoms with Gasteiger partial charge >= 0.3 is 12.0 Å². The number of ether oxygens (including phenoxy) is 2. The van der Waals surface area contributed by atoms with Gasteiger partial charge in [0.25, 0.3) is 0 Å². The summed E-state index contributed by atoms with van der Waals surface area (Å²) in [5.74, 6) is -0.399. The molecule has 6 nitrogen and oxygen atoms in total. The summed E-state index contributed by atoms with van der Waals surface area (Å²) in [6.07, 6.45) is -0.130. The van der Waals surface area contributed by atoms with Gasteiger partial charge in [0.15, 0.2) is 0 Å². The first-order valence-corrected chi connectivity index (χ1v) is 4.71. The minimum absolute atomic E-state index is 0.0651. The first-order valence-electron chi connectivity index (χ1n) is 4.71. The third kappa shape index (κ3) is 6.48. The van der Waals surface area contributed by atoms with Crippen LogP contribution in [0.25, 0.3) is 0 Å². The minimum Gasteiger partial charge on any atom is -0.481 e. The Labute approximate surface area is 88.7 Å². The van der Waals surface area contributed by atoms with Crippen LogP contribution in [0.15, 0.2) is 4.99 Å². The van der Waals surface area contributed by atoms with Crippen molar-refractivity contribution in [3.8, 4) is 0 Å². The second-order valence-corrected chi connectivity index (χ2v) is 2.48. The summed E-state index contributed by atoms with van der Waals surface area (Å²) in [7, 11) is 1.44. The number of urea groups is 1. The van der Waals surface area contributed by atoms with E-state index in [2.05, 4.69) is 10.3 Å². The fraction of sp³-hybridized carbons (Fsp3) is 0.667. The Morgan fingerprint density at radius 2 is 1.80 bits per heavy atom. The number of nitrogens with zero attached hydrogens (tertiary/aromatic N) is 1. The number of nitrogens with one attached hydrogen (secondary N) is 1. The Morgan fingerprint density at radius 3 is 2.27 bits per heavy atom. The van der Waals surface area contributed by atoms with E-state index in [0.29, 0.717) is 6.61 Å². The predicted molar refractivity (Wildman–Crippen MR) is 54.8 cm³/mol. The summed E-state index contributed by atoms with van der Waals surface area (Å²) in [5.41, 5.74) is 0. The second-order valence-electron chi connectivity index (χ2n) is 2.48. The highest BCUT2D eigenvalue weighted by Crippen LogP contribution is 1.95. The predicted octanol–water partition coefficient (Wildman–Crippen LogP) is 0.714. The van der Waals surface area contributed by atoms with Crippen LogP contribution in [0.2, 0.25) is 0 Å². The van der Waals surface area contributed by atoms with Gasteiger partial charge in [0.1, 0.15) is 6.42 Å². The van der Waals surface area contributed by atoms with E-state index in [0.717, 1.165) is 0 Å². The molecule has 0 aliphatic carbocycles. The van der Waals surface area contributed by atoms with Crippen LogP contribution in [0.5, 0.6) is 0 Å². The van der Waals surface area contributed by atoms with Crippen LogP contribution in [0, 0.1) is 0 Å². The van der Waals surface area contributed by atoms with E-state index >= 15 is 0 Å². The number of rotatable bonds is 4. The maximum atomic E-state index is 11.1. The Bertz CT molecular complexity index is 250. The topological polar surface area (TPSA) is 77.0 Å². The molecule has 0 aliphatic heterocycles. The smallest absolute Gasteiger partial charge is 0.343 e. The quantitative estimate of drug-likeness (QED) is 0.426. The highest BCUT2D eigenvalue weighted by atomic mass is 16.5. The average molecular weight is 216 g/mol. The van der Waals surface area contributed by atoms with E-state index in [1.54, 1.807) is 13.8 Å². The molecule has 0 aliphatic rings. The van der Waals surface area contributed by atoms with Crippen molar-refractivity contribution in [1.29, 1.82) is 0 Å². The van der Waals surface area contributed by atoms with Crippen molar-refractivity contribution in [2.45, 2.75) is 20.3 Å². The van der Waals surface area contributed by atoms with Crippen molar-refractivity contribution < 1.29 is 19.1 Å². The summed E-state index contributed by atoms with van der Waals surface area (Å²) in [6.45, 7) is 4.08. The van der Waals surface area contributed by atoms with Gasteiger partial charge in [-0.25, -0.2) is 4.79 Å². The summed E-state index contributed by atoms with van der Waals surface area (Å²) < 4.78 is 9.72. The molecule has 0 saturated carbocycles. The van der Waals surface area contributed by atoms with Gasteiger partial charge in [0.05, 0.1) is 13.2 Å². The molecule has 0 spiro atoms. The molecule has 0 atom stereocenters. The highest BCUT2D eigenvalue weighted by Gasteiger charge is 2.10. The molecule has 15 heavy (non-hydrogen) atoms. The van der Waals surface area contributed by atoms with Gasteiger partial charge in [0.2, 0.25) is 5.90 Å². The highest BCUT2D eigenvalue weighted by molar-refractivity contribution is 5.99. The third-order valence-corrected chi connectivity index (χ3v) is 1.35. The van der Waals surface area contributed by atoms with Gasteiger partial charge in [-0.05, 0) is 13.8 Å². The van der Waals surface area contributed by atoms with E-state index in [-0.39, 0.29) is 18.9 Å². The van der Waals surface area contributed by atoms with E-state index in [1.165, 1.54) is 7.05 Å². The molecule has 0 radical (unpaired) electrons. The molecule has 0 rings (SSSR count). The monoisotopic (exact) mass is 216 g/mol. The van der Waals surface area contributed by atoms with Gasteiger partial charge in [-0.2, -0.15) is 4.99 Å². The van der Waals surface area contributed by atoms with Crippen LogP contribution in [-0.2, 0) is 14.3 Å². The Hall–Kier alpha value is -1.59. The van der Waals surface area contributed by atoms with Crippen molar-refractivity contribution >= 4 is 17.9 Å². The van der Waals surface area contributed by atoms with Gasteiger partial charge in [-0.3, -0.25) is 4.79 Å². The second kappa shape index (κ2) is 7.78. The van der Waals surface area contributed by atoms with Crippen LogP contribution < -0.4 is 5.32 Å². The normalized spacial score (nSPS) is 10.7. The number of esters is 1. The molecule has 0 heterocycles. The van der Waals surface area contributed by atoms with Crippen LogP contribution in [0.4, 0.5) is 4.79 Å². The number of carbonyl (C=O) groups excluding carboxylic acids is 2. The third-order valence-electron chi connectivity index (χ3n) is 1.35. The largest absolute Gasteiger partial charge is 0.481 e. The van der Waals surface area contributed by atoms with Crippen molar-refractivity contribution in [2.24, 2.45) is 4.99 Å². The summed E-state index contributed by atoms with van der Waals surface area (Å²) in [6, 6.07) is -0.553. The maximum absolute atomic E-state index is 11.1. The lowest BCUT2D eigenvalue weighted by Crippen LogP contribution is -2.20. The zero-order valence-electron chi connectivity index (χ0n) is 9.20. The number of amides is 2. The van der Waals surface area contributed by atoms with Crippen molar-refractivity contribution in [3.05, 3.63) is 0 Å². The number of carbonyl (C=O) groups is 2. The van der Waals surface area contributed by atoms with E-state index in [1.807, 2.05) is 0 Å². The van der Waals surface area contributed by atoms with Crippen molar-refractivity contribution in [1.82, 2.24) is 5.32 Å². The molecule has 0 aromatic heterocycles. The van der Waals surface area contributed by atoms with Crippen LogP contribution >= 0.6 is 0 Å². The lowest BCUT2D eigenvalue weighted by Gasteiger charge is -2.06. The first-order chi connectivity index (χ1) is 7.13. The molecule has 0 fully saturated rings. The molecule has 6 heteroatoms. The van der Waals surface area contributed by atoms with Crippen LogP contribution in [0.1, 0.15) is 20.3 Å². The number of aliphatic imine (C=N–C) groups is 1. The molecule has 0 aromatic carbocycles. The first kappa shape index (κ1) is 13.4. The molecule has 0 bridgehead atoms. The molecule has 2 amide bonds. The van der Waals surface area contributed by atoms with Gasteiger partial charge in [-0.15, -0.1) is 0 Å². The molecular formula is C9H16N2O4. The van der Waals surface area contributed by atoms with Gasteiger partial charge in [0, 0.05) is 7.05 Å². The fourth-order valence-electron chi connectivity index (χ4n) is 0.794. The van der Waals surface area contributed by atoms with Crippen molar-refractivity contribution in [2.75, 3.05) is 20.3 Å². The SMILES string of the molecule is CCOC(=O)C/C(=N/C(=O)NC)OCC. The Morgan fingerprint density at radius 1 is 1.20 bits per heavy atom. The molecule has 0 unspecified atom stereocenters. The summed E-state index contributed by atoms with van der Waals surface area (Å²) >= 11 is 0. The van der Waals surface area contributed by atoms with Crippen LogP contribution in [-0.4, -0.2) is 38.2 Å². The van der Waals surface area contributed by atoms with E-state index in [9.17, 15) is 9.59 Å². The zero-order chi connectivity index (χ0) is 11.7. The molecular weight excluding hydrogens is 200 g/mol. The Balaban J connectivity index is 4.32. The van der Waals surface area contributed by atoms with Gasteiger partial charge < -0.3 is 14.8 Å². The number of hydrogen-bond donors (Lipinski definition) is 1. The molecule has 1 N–H and O–H groups in total. The lowest BCUT2D eigenvalue weighted by atomic mass is 10.4. The molecule has 86 valence electrons. The van der Waals surface area contributed by atoms with E-state index in [4.69, 9.17) is 9.47 Å². The van der Waals surface area contributed by atoms with Crippen LogP contribution in [0.3, 0.4) is 0 Å². The Kier molecular flexibility index (Phi) is 6.96. The standard InChI is InChI=1S/C9H16N2O4/c1-4-14-7(11-9(13)10-3)6-8(12)15-5-2/h4-6H2,1-3H3,(H,10,13)/b11-7-. The maximum Gasteiger partial charge on any atom is 0.343 e. The lowest BCUT2D eigenvalue weighted by molar-refractivity contribution is -0.141. The zero-order valence-corrected chi connectivity index (χ0v) is 9.20. The average Bonchev–Trinajstić information content (AvgIpc) is 2.18.